The second kappa shape index (κ2) is 9.71. The Kier molecular flexibility index (Phi) is 7.07. The van der Waals surface area contributed by atoms with Gasteiger partial charge in [-0.2, -0.15) is 4.31 Å². The van der Waals surface area contributed by atoms with Crippen molar-refractivity contribution >= 4 is 15.8 Å². The molecule has 9 nitrogen and oxygen atoms in total. The Hall–Kier alpha value is -2.37. The molecule has 34 heavy (non-hydrogen) atoms. The molecule has 1 aromatic heterocycles. The van der Waals surface area contributed by atoms with Gasteiger partial charge >= 0.3 is 0 Å². The lowest BCUT2D eigenvalue weighted by Gasteiger charge is -2.45. The van der Waals surface area contributed by atoms with Gasteiger partial charge in [-0.25, -0.2) is 12.8 Å². The fourth-order valence-corrected chi connectivity index (χ4v) is 6.77. The zero-order valence-electron chi connectivity index (χ0n) is 20.0. The molecule has 2 fully saturated rings. The van der Waals surface area contributed by atoms with Crippen LogP contribution in [0.15, 0.2) is 23.4 Å². The van der Waals surface area contributed by atoms with Crippen molar-refractivity contribution in [1.29, 1.82) is 0 Å². The number of hydrogen-bond donors (Lipinski definition) is 0. The molecule has 2 aliphatic rings. The SMILES string of the molecule is COc1cc(F)cc(C)c1C(=O)CCC1(N2CCN(S(=O)(=O)c3cn(C)nn3)CC2)CCCC1. The average molecular weight is 494 g/mol. The molecule has 2 aromatic rings. The van der Waals surface area contributed by atoms with E-state index in [1.54, 1.807) is 14.0 Å². The summed E-state index contributed by atoms with van der Waals surface area (Å²) in [6.45, 7) is 3.68. The van der Waals surface area contributed by atoms with Crippen LogP contribution in [0.25, 0.3) is 0 Å². The second-order valence-electron chi connectivity index (χ2n) is 9.28. The van der Waals surface area contributed by atoms with Crippen LogP contribution in [0.4, 0.5) is 4.39 Å². The van der Waals surface area contributed by atoms with Crippen LogP contribution in [0.2, 0.25) is 0 Å². The molecule has 1 aliphatic heterocycles. The van der Waals surface area contributed by atoms with Crippen LogP contribution in [0, 0.1) is 12.7 Å². The topological polar surface area (TPSA) is 97.6 Å². The number of methoxy groups -OCH3 is 1. The molecule has 1 aromatic carbocycles. The third kappa shape index (κ3) is 4.73. The van der Waals surface area contributed by atoms with Crippen LogP contribution in [-0.2, 0) is 17.1 Å². The number of rotatable bonds is 8. The normalized spacial score (nSPS) is 19.4. The summed E-state index contributed by atoms with van der Waals surface area (Å²) in [6.07, 6.45) is 6.57. The van der Waals surface area contributed by atoms with Gasteiger partial charge in [0, 0.05) is 51.3 Å². The minimum Gasteiger partial charge on any atom is -0.496 e. The van der Waals surface area contributed by atoms with Gasteiger partial charge in [0.2, 0.25) is 5.03 Å². The van der Waals surface area contributed by atoms with Gasteiger partial charge < -0.3 is 4.74 Å². The highest BCUT2D eigenvalue weighted by Gasteiger charge is 2.42. The molecular formula is C23H32FN5O4S. The summed E-state index contributed by atoms with van der Waals surface area (Å²) in [6, 6.07) is 2.61. The van der Waals surface area contributed by atoms with E-state index in [1.807, 2.05) is 0 Å². The van der Waals surface area contributed by atoms with Crippen molar-refractivity contribution in [1.82, 2.24) is 24.2 Å². The Balaban J connectivity index is 1.44. The summed E-state index contributed by atoms with van der Waals surface area (Å²) >= 11 is 0. The van der Waals surface area contributed by atoms with Gasteiger partial charge in [-0.15, -0.1) is 5.10 Å². The minimum absolute atomic E-state index is 0.0340. The van der Waals surface area contributed by atoms with Gasteiger partial charge in [-0.1, -0.05) is 18.1 Å². The van der Waals surface area contributed by atoms with Crippen molar-refractivity contribution in [2.24, 2.45) is 7.05 Å². The third-order valence-electron chi connectivity index (χ3n) is 7.21. The molecule has 0 N–H and O–H groups in total. The number of ketones is 1. The third-order valence-corrected chi connectivity index (χ3v) is 8.97. The Bertz CT molecular complexity index is 1150. The van der Waals surface area contributed by atoms with E-state index in [0.29, 0.717) is 50.1 Å². The number of piperazine rings is 1. The first-order valence-electron chi connectivity index (χ1n) is 11.7. The Labute approximate surface area is 199 Å². The lowest BCUT2D eigenvalue weighted by atomic mass is 9.86. The molecule has 4 rings (SSSR count). The molecule has 1 saturated carbocycles. The highest BCUT2D eigenvalue weighted by Crippen LogP contribution is 2.40. The molecular weight excluding hydrogens is 461 g/mol. The van der Waals surface area contributed by atoms with E-state index in [1.165, 1.54) is 34.4 Å². The van der Waals surface area contributed by atoms with Crippen molar-refractivity contribution < 1.29 is 22.3 Å². The van der Waals surface area contributed by atoms with Crippen molar-refractivity contribution in [2.75, 3.05) is 33.3 Å². The molecule has 2 heterocycles. The van der Waals surface area contributed by atoms with Crippen LogP contribution >= 0.6 is 0 Å². The monoisotopic (exact) mass is 493 g/mol. The van der Waals surface area contributed by atoms with Crippen molar-refractivity contribution in [3.63, 3.8) is 0 Å². The Morgan fingerprint density at radius 2 is 1.85 bits per heavy atom. The summed E-state index contributed by atoms with van der Waals surface area (Å²) in [5, 5.41) is 7.49. The molecule has 0 unspecified atom stereocenters. The van der Waals surface area contributed by atoms with Gasteiger partial charge in [0.1, 0.15) is 11.6 Å². The number of Topliss-reactive ketones (excluding diaryl/α,β-unsaturated/α-hetero) is 1. The highest BCUT2D eigenvalue weighted by atomic mass is 32.2. The maximum atomic E-state index is 13.8. The van der Waals surface area contributed by atoms with Crippen LogP contribution in [0.1, 0.15) is 54.4 Å². The van der Waals surface area contributed by atoms with E-state index in [9.17, 15) is 17.6 Å². The van der Waals surface area contributed by atoms with Gasteiger partial charge in [-0.3, -0.25) is 14.4 Å². The van der Waals surface area contributed by atoms with E-state index >= 15 is 0 Å². The smallest absolute Gasteiger partial charge is 0.264 e. The van der Waals surface area contributed by atoms with Crippen molar-refractivity contribution in [3.8, 4) is 5.75 Å². The van der Waals surface area contributed by atoms with Crippen LogP contribution in [0.3, 0.4) is 0 Å². The largest absolute Gasteiger partial charge is 0.496 e. The standard InChI is InChI=1S/C23H32FN5O4S/c1-17-14-18(24)15-20(33-3)22(17)19(30)6-9-23(7-4-5-8-23)28-10-12-29(13-11-28)34(31,32)21-16-27(2)26-25-21/h14-16H,4-13H2,1-3H3. The van der Waals surface area contributed by atoms with Crippen LogP contribution in [0.5, 0.6) is 5.75 Å². The zero-order chi connectivity index (χ0) is 24.5. The van der Waals surface area contributed by atoms with E-state index in [-0.39, 0.29) is 22.1 Å². The number of ether oxygens (including phenoxy) is 1. The van der Waals surface area contributed by atoms with Crippen molar-refractivity contribution in [2.45, 2.75) is 56.0 Å². The van der Waals surface area contributed by atoms with Crippen molar-refractivity contribution in [3.05, 3.63) is 35.3 Å². The van der Waals surface area contributed by atoms with E-state index in [2.05, 4.69) is 15.2 Å². The lowest BCUT2D eigenvalue weighted by molar-refractivity contribution is 0.0475. The first kappa shape index (κ1) is 24.7. The predicted molar refractivity (Wildman–Crippen MR) is 124 cm³/mol. The first-order chi connectivity index (χ1) is 16.2. The lowest BCUT2D eigenvalue weighted by Crippen LogP contribution is -2.57. The van der Waals surface area contributed by atoms with E-state index in [0.717, 1.165) is 25.7 Å². The van der Waals surface area contributed by atoms with Gasteiger partial charge in [0.05, 0.1) is 18.9 Å². The Morgan fingerprint density at radius 3 is 2.44 bits per heavy atom. The molecule has 0 amide bonds. The fraction of sp³-hybridized carbons (Fsp3) is 0.609. The number of benzene rings is 1. The first-order valence-corrected chi connectivity index (χ1v) is 13.1. The molecule has 0 spiro atoms. The number of aryl methyl sites for hydroxylation is 2. The number of carbonyl (C=O) groups excluding carboxylic acids is 1. The molecule has 0 radical (unpaired) electrons. The fourth-order valence-electron chi connectivity index (χ4n) is 5.44. The maximum Gasteiger partial charge on any atom is 0.264 e. The van der Waals surface area contributed by atoms with Gasteiger partial charge in [0.25, 0.3) is 10.0 Å². The number of carbonyl (C=O) groups is 1. The number of aromatic nitrogens is 3. The Morgan fingerprint density at radius 1 is 1.18 bits per heavy atom. The molecule has 1 saturated heterocycles. The number of nitrogens with zero attached hydrogens (tertiary/aromatic N) is 5. The quantitative estimate of drug-likeness (QED) is 0.521. The van der Waals surface area contributed by atoms with Crippen LogP contribution in [-0.4, -0.2) is 77.2 Å². The van der Waals surface area contributed by atoms with Gasteiger partial charge in [-0.05, 0) is 37.8 Å². The summed E-state index contributed by atoms with van der Waals surface area (Å²) in [5.74, 6) is -0.206. The summed E-state index contributed by atoms with van der Waals surface area (Å²) in [5.41, 5.74) is 0.890. The molecule has 186 valence electrons. The number of hydrogen-bond acceptors (Lipinski definition) is 7. The second-order valence-corrected chi connectivity index (χ2v) is 11.2. The number of sulfonamides is 1. The van der Waals surface area contributed by atoms with E-state index < -0.39 is 15.8 Å². The number of halogens is 1. The maximum absolute atomic E-state index is 13.8. The molecule has 0 bridgehead atoms. The molecule has 1 aliphatic carbocycles. The molecule has 0 atom stereocenters. The highest BCUT2D eigenvalue weighted by molar-refractivity contribution is 7.89. The minimum atomic E-state index is -3.67. The summed E-state index contributed by atoms with van der Waals surface area (Å²) in [7, 11) is -0.593. The molecule has 11 heteroatoms. The summed E-state index contributed by atoms with van der Waals surface area (Å²) in [4.78, 5) is 15.5. The zero-order valence-corrected chi connectivity index (χ0v) is 20.8. The summed E-state index contributed by atoms with van der Waals surface area (Å²) < 4.78 is 47.7. The van der Waals surface area contributed by atoms with E-state index in [4.69, 9.17) is 4.74 Å². The van der Waals surface area contributed by atoms with Gasteiger partial charge in [0.15, 0.2) is 5.78 Å². The predicted octanol–water partition coefficient (Wildman–Crippen LogP) is 2.55. The van der Waals surface area contributed by atoms with Crippen LogP contribution < -0.4 is 4.74 Å². The average Bonchev–Trinajstić information content (AvgIpc) is 3.47.